The van der Waals surface area contributed by atoms with E-state index in [-0.39, 0.29) is 6.61 Å². The quantitative estimate of drug-likeness (QED) is 0.0460. The molecule has 0 bridgehead atoms. The van der Waals surface area contributed by atoms with Gasteiger partial charge >= 0.3 is 0 Å². The van der Waals surface area contributed by atoms with E-state index in [1.165, 1.54) is 257 Å². The lowest BCUT2D eigenvalue weighted by atomic mass is 10.0. The van der Waals surface area contributed by atoms with Gasteiger partial charge in [0.05, 0.1) is 18.8 Å². The van der Waals surface area contributed by atoms with E-state index in [1.807, 2.05) is 0 Å². The molecule has 0 spiro atoms. The standard InChI is InChI=1S/C54H109NO4/c1-3-5-7-9-11-13-15-17-19-21-23-25-26-27-28-29-31-32-34-36-38-40-42-44-46-48-52(57)51(50-56)55-54(59)53(58)49-47-45-43-41-39-37-35-33-30-24-22-20-18-16-14-12-10-8-6-4-2/h51-53,56-58H,3-50H2,1-2H3,(H,55,59). The summed E-state index contributed by atoms with van der Waals surface area (Å²) in [6.07, 6.45) is 60.0. The van der Waals surface area contributed by atoms with Crippen LogP contribution in [0.25, 0.3) is 0 Å². The molecule has 4 N–H and O–H groups in total. The van der Waals surface area contributed by atoms with Gasteiger partial charge in [-0.05, 0) is 12.8 Å². The summed E-state index contributed by atoms with van der Waals surface area (Å²) in [7, 11) is 0. The summed E-state index contributed by atoms with van der Waals surface area (Å²) >= 11 is 0. The van der Waals surface area contributed by atoms with Crippen LogP contribution in [0.5, 0.6) is 0 Å². The fourth-order valence-corrected chi connectivity index (χ4v) is 8.96. The number of unbranched alkanes of at least 4 members (excludes halogenated alkanes) is 43. The van der Waals surface area contributed by atoms with Crippen molar-refractivity contribution in [2.24, 2.45) is 0 Å². The lowest BCUT2D eigenvalue weighted by molar-refractivity contribution is -0.131. The van der Waals surface area contributed by atoms with Gasteiger partial charge < -0.3 is 20.6 Å². The Bertz CT molecular complexity index is 792. The number of carbonyl (C=O) groups is 1. The first-order valence-corrected chi connectivity index (χ1v) is 27.3. The highest BCUT2D eigenvalue weighted by atomic mass is 16.3. The van der Waals surface area contributed by atoms with E-state index in [0.29, 0.717) is 12.8 Å². The van der Waals surface area contributed by atoms with Gasteiger partial charge in [-0.3, -0.25) is 4.79 Å². The Morgan fingerprint density at radius 1 is 0.339 bits per heavy atom. The third kappa shape index (κ3) is 45.2. The van der Waals surface area contributed by atoms with E-state index in [4.69, 9.17) is 0 Å². The van der Waals surface area contributed by atoms with Crippen molar-refractivity contribution in [2.45, 2.75) is 334 Å². The SMILES string of the molecule is CCCCCCCCCCCCCCCCCCCCCCCCCCCC(O)C(CO)NC(=O)C(O)CCCCCCCCCCCCCCCCCCCCCC. The van der Waals surface area contributed by atoms with Gasteiger partial charge in [0.15, 0.2) is 0 Å². The number of carbonyl (C=O) groups excluding carboxylic acids is 1. The summed E-state index contributed by atoms with van der Waals surface area (Å²) in [5.41, 5.74) is 0. The lowest BCUT2D eigenvalue weighted by Gasteiger charge is -2.23. The van der Waals surface area contributed by atoms with Crippen LogP contribution in [0.2, 0.25) is 0 Å². The molecule has 59 heavy (non-hydrogen) atoms. The fraction of sp³-hybridized carbons (Fsp3) is 0.981. The molecule has 354 valence electrons. The van der Waals surface area contributed by atoms with Crippen molar-refractivity contribution >= 4 is 5.91 Å². The Morgan fingerprint density at radius 3 is 0.763 bits per heavy atom. The molecule has 0 saturated heterocycles. The van der Waals surface area contributed by atoms with Crippen LogP contribution in [-0.2, 0) is 4.79 Å². The predicted octanol–water partition coefficient (Wildman–Crippen LogP) is 16.6. The summed E-state index contributed by atoms with van der Waals surface area (Å²) < 4.78 is 0. The molecular weight excluding hydrogens is 727 g/mol. The summed E-state index contributed by atoms with van der Waals surface area (Å²) in [5.74, 6) is -0.462. The molecule has 0 fully saturated rings. The molecule has 0 aromatic heterocycles. The molecule has 0 aromatic carbocycles. The molecule has 0 rings (SSSR count). The minimum atomic E-state index is -1.07. The minimum absolute atomic E-state index is 0.307. The molecule has 0 saturated carbocycles. The Morgan fingerprint density at radius 2 is 0.542 bits per heavy atom. The first-order chi connectivity index (χ1) is 29.1. The van der Waals surface area contributed by atoms with Crippen molar-refractivity contribution in [3.63, 3.8) is 0 Å². The van der Waals surface area contributed by atoms with Crippen molar-refractivity contribution in [3.8, 4) is 0 Å². The normalized spacial score (nSPS) is 13.2. The summed E-state index contributed by atoms with van der Waals surface area (Å²) in [6.45, 7) is 4.28. The first-order valence-electron chi connectivity index (χ1n) is 27.3. The van der Waals surface area contributed by atoms with Crippen LogP contribution >= 0.6 is 0 Å². The van der Waals surface area contributed by atoms with E-state index in [2.05, 4.69) is 19.2 Å². The summed E-state index contributed by atoms with van der Waals surface area (Å²) in [6, 6.07) is -0.707. The van der Waals surface area contributed by atoms with Gasteiger partial charge in [-0.2, -0.15) is 0 Å². The molecule has 5 nitrogen and oxygen atoms in total. The fourth-order valence-electron chi connectivity index (χ4n) is 8.96. The van der Waals surface area contributed by atoms with Gasteiger partial charge in [0.25, 0.3) is 0 Å². The van der Waals surface area contributed by atoms with Crippen molar-refractivity contribution in [1.29, 1.82) is 0 Å². The number of rotatable bonds is 51. The number of aliphatic hydroxyl groups is 3. The molecule has 0 aromatic rings. The highest BCUT2D eigenvalue weighted by Crippen LogP contribution is 2.18. The van der Waals surface area contributed by atoms with Crippen LogP contribution < -0.4 is 5.32 Å². The zero-order valence-corrected chi connectivity index (χ0v) is 40.4. The molecule has 0 aliphatic heterocycles. The predicted molar refractivity (Wildman–Crippen MR) is 259 cm³/mol. The van der Waals surface area contributed by atoms with E-state index < -0.39 is 24.2 Å². The minimum Gasteiger partial charge on any atom is -0.394 e. The van der Waals surface area contributed by atoms with Crippen molar-refractivity contribution in [1.82, 2.24) is 5.32 Å². The zero-order valence-electron chi connectivity index (χ0n) is 40.4. The van der Waals surface area contributed by atoms with Crippen LogP contribution in [0, 0.1) is 0 Å². The van der Waals surface area contributed by atoms with Crippen LogP contribution in [-0.4, -0.2) is 46.1 Å². The van der Waals surface area contributed by atoms with Crippen molar-refractivity contribution < 1.29 is 20.1 Å². The molecular formula is C54H109NO4. The molecule has 0 aliphatic carbocycles. The number of hydrogen-bond donors (Lipinski definition) is 4. The number of nitrogens with one attached hydrogen (secondary N) is 1. The van der Waals surface area contributed by atoms with Gasteiger partial charge in [0.2, 0.25) is 5.91 Å². The Kier molecular flexibility index (Phi) is 49.4. The van der Waals surface area contributed by atoms with Crippen LogP contribution in [0.1, 0.15) is 316 Å². The molecule has 0 aliphatic rings. The first kappa shape index (κ1) is 58.4. The largest absolute Gasteiger partial charge is 0.394 e. The van der Waals surface area contributed by atoms with Crippen LogP contribution in [0.15, 0.2) is 0 Å². The van der Waals surface area contributed by atoms with E-state index in [1.54, 1.807) is 0 Å². The maximum Gasteiger partial charge on any atom is 0.249 e. The topological polar surface area (TPSA) is 89.8 Å². The van der Waals surface area contributed by atoms with E-state index in [9.17, 15) is 20.1 Å². The molecule has 0 heterocycles. The monoisotopic (exact) mass is 836 g/mol. The van der Waals surface area contributed by atoms with Crippen LogP contribution in [0.3, 0.4) is 0 Å². The van der Waals surface area contributed by atoms with Crippen molar-refractivity contribution in [3.05, 3.63) is 0 Å². The van der Waals surface area contributed by atoms with Gasteiger partial charge in [-0.1, -0.05) is 303 Å². The number of aliphatic hydroxyl groups excluding tert-OH is 3. The molecule has 1 amide bonds. The second-order valence-corrected chi connectivity index (χ2v) is 19.2. The average molecular weight is 836 g/mol. The van der Waals surface area contributed by atoms with Gasteiger partial charge in [-0.15, -0.1) is 0 Å². The third-order valence-corrected chi connectivity index (χ3v) is 13.2. The third-order valence-electron chi connectivity index (χ3n) is 13.2. The second kappa shape index (κ2) is 50.0. The van der Waals surface area contributed by atoms with Crippen molar-refractivity contribution in [2.75, 3.05) is 6.61 Å². The average Bonchev–Trinajstić information content (AvgIpc) is 3.24. The maximum absolute atomic E-state index is 12.6. The highest BCUT2D eigenvalue weighted by molar-refractivity contribution is 5.80. The number of amides is 1. The summed E-state index contributed by atoms with van der Waals surface area (Å²) in [5, 5.41) is 33.5. The summed E-state index contributed by atoms with van der Waals surface area (Å²) in [4.78, 5) is 12.6. The van der Waals surface area contributed by atoms with E-state index >= 15 is 0 Å². The highest BCUT2D eigenvalue weighted by Gasteiger charge is 2.23. The van der Waals surface area contributed by atoms with Gasteiger partial charge in [0, 0.05) is 0 Å². The Hall–Kier alpha value is -0.650. The maximum atomic E-state index is 12.6. The smallest absolute Gasteiger partial charge is 0.249 e. The van der Waals surface area contributed by atoms with Gasteiger partial charge in [0.1, 0.15) is 6.10 Å². The second-order valence-electron chi connectivity index (χ2n) is 19.2. The molecule has 3 atom stereocenters. The number of hydrogen-bond acceptors (Lipinski definition) is 4. The van der Waals surface area contributed by atoms with Gasteiger partial charge in [-0.25, -0.2) is 0 Å². The molecule has 3 unspecified atom stereocenters. The lowest BCUT2D eigenvalue weighted by Crippen LogP contribution is -2.49. The Labute approximate surface area is 370 Å². The zero-order chi connectivity index (χ0) is 43.0. The van der Waals surface area contributed by atoms with E-state index in [0.717, 1.165) is 32.1 Å². The Balaban J connectivity index is 3.50. The molecule has 5 heteroatoms. The molecule has 0 radical (unpaired) electrons. The van der Waals surface area contributed by atoms with Crippen LogP contribution in [0.4, 0.5) is 0 Å².